The average Bonchev–Trinajstić information content (AvgIpc) is 2.03. The Morgan fingerprint density at radius 2 is 2.36 bits per heavy atom. The fourth-order valence-corrected chi connectivity index (χ4v) is 1.19. The fraction of sp³-hybridized carbons (Fsp3) is 0.857. The molecule has 1 aliphatic heterocycles. The molecule has 0 unspecified atom stereocenters. The van der Waals surface area contributed by atoms with Gasteiger partial charge in [-0.25, -0.2) is 0 Å². The summed E-state index contributed by atoms with van der Waals surface area (Å²) in [6.07, 6.45) is 0.673. The Hall–Kier alpha value is -0.610. The first-order valence-corrected chi connectivity index (χ1v) is 3.65. The molecule has 1 rings (SSSR count). The molecule has 1 aliphatic rings. The maximum absolute atomic E-state index is 11.0. The minimum atomic E-state index is -0.222. The van der Waals surface area contributed by atoms with Crippen LogP contribution in [-0.4, -0.2) is 32.3 Å². The van der Waals surface area contributed by atoms with Crippen LogP contribution in [0.3, 0.4) is 0 Å². The number of hydrogen-bond acceptors (Lipinski definition) is 4. The van der Waals surface area contributed by atoms with E-state index in [1.54, 1.807) is 0 Å². The summed E-state index contributed by atoms with van der Waals surface area (Å²) in [6.45, 7) is 0.994. The Morgan fingerprint density at radius 3 is 2.91 bits per heavy atom. The highest BCUT2D eigenvalue weighted by atomic mass is 16.5. The van der Waals surface area contributed by atoms with Gasteiger partial charge in [0.1, 0.15) is 0 Å². The largest absolute Gasteiger partial charge is 0.469 e. The number of methoxy groups -OCH3 is 1. The number of esters is 1. The summed E-state index contributed by atoms with van der Waals surface area (Å²) in [5, 5.41) is 0. The summed E-state index contributed by atoms with van der Waals surface area (Å²) in [6, 6.07) is -0.0205. The van der Waals surface area contributed by atoms with E-state index in [0.29, 0.717) is 19.6 Å². The van der Waals surface area contributed by atoms with E-state index >= 15 is 0 Å². The SMILES string of the molecule is COC(=O)[C@@H]1COC[C@H](N)C1. The van der Waals surface area contributed by atoms with Crippen LogP contribution in [-0.2, 0) is 14.3 Å². The zero-order valence-corrected chi connectivity index (χ0v) is 6.58. The van der Waals surface area contributed by atoms with Crippen LogP contribution in [0, 0.1) is 5.92 Å². The van der Waals surface area contributed by atoms with Gasteiger partial charge in [-0.1, -0.05) is 0 Å². The molecule has 1 fully saturated rings. The molecule has 2 N–H and O–H groups in total. The summed E-state index contributed by atoms with van der Waals surface area (Å²) < 4.78 is 9.66. The van der Waals surface area contributed by atoms with E-state index in [9.17, 15) is 4.79 Å². The molecule has 0 aromatic rings. The van der Waals surface area contributed by atoms with Crippen LogP contribution in [0.1, 0.15) is 6.42 Å². The standard InChI is InChI=1S/C7H13NO3/c1-10-7(9)5-2-6(8)4-11-3-5/h5-6H,2-4,8H2,1H3/t5-,6+/m0/s1. The van der Waals surface area contributed by atoms with Crippen LogP contribution >= 0.6 is 0 Å². The lowest BCUT2D eigenvalue weighted by atomic mass is 9.99. The van der Waals surface area contributed by atoms with Gasteiger partial charge in [0.05, 0.1) is 26.2 Å². The topological polar surface area (TPSA) is 61.5 Å². The van der Waals surface area contributed by atoms with Crippen molar-refractivity contribution in [1.29, 1.82) is 0 Å². The lowest BCUT2D eigenvalue weighted by Gasteiger charge is -2.24. The molecule has 0 aliphatic carbocycles. The summed E-state index contributed by atoms with van der Waals surface area (Å²) >= 11 is 0. The predicted molar refractivity (Wildman–Crippen MR) is 38.9 cm³/mol. The molecule has 64 valence electrons. The third-order valence-electron chi connectivity index (χ3n) is 1.77. The maximum Gasteiger partial charge on any atom is 0.311 e. The van der Waals surface area contributed by atoms with Gasteiger partial charge in [-0.15, -0.1) is 0 Å². The van der Waals surface area contributed by atoms with Crippen molar-refractivity contribution in [3.63, 3.8) is 0 Å². The van der Waals surface area contributed by atoms with E-state index < -0.39 is 0 Å². The summed E-state index contributed by atoms with van der Waals surface area (Å²) in [5.74, 6) is -0.385. The highest BCUT2D eigenvalue weighted by Crippen LogP contribution is 2.13. The Labute approximate surface area is 65.7 Å². The number of rotatable bonds is 1. The molecular formula is C7H13NO3. The molecule has 1 heterocycles. The normalized spacial score (nSPS) is 31.5. The van der Waals surface area contributed by atoms with Gasteiger partial charge >= 0.3 is 5.97 Å². The van der Waals surface area contributed by atoms with Crippen molar-refractivity contribution in [3.8, 4) is 0 Å². The molecule has 0 bridgehead atoms. The number of carbonyl (C=O) groups is 1. The molecule has 2 atom stereocenters. The molecular weight excluding hydrogens is 146 g/mol. The van der Waals surface area contributed by atoms with Gasteiger partial charge in [0.15, 0.2) is 0 Å². The molecule has 0 saturated carbocycles. The minimum Gasteiger partial charge on any atom is -0.469 e. The van der Waals surface area contributed by atoms with Crippen LogP contribution in [0.4, 0.5) is 0 Å². The number of ether oxygens (including phenoxy) is 2. The number of carbonyl (C=O) groups excluding carboxylic acids is 1. The van der Waals surface area contributed by atoms with E-state index in [2.05, 4.69) is 4.74 Å². The van der Waals surface area contributed by atoms with Gasteiger partial charge in [0.2, 0.25) is 0 Å². The lowest BCUT2D eigenvalue weighted by Crippen LogP contribution is -2.39. The van der Waals surface area contributed by atoms with Gasteiger partial charge in [0.25, 0.3) is 0 Å². The van der Waals surface area contributed by atoms with Gasteiger partial charge < -0.3 is 15.2 Å². The highest BCUT2D eigenvalue weighted by Gasteiger charge is 2.26. The predicted octanol–water partition coefficient (Wildman–Crippen LogP) is -0.477. The first-order valence-electron chi connectivity index (χ1n) is 3.65. The monoisotopic (exact) mass is 159 g/mol. The first-order chi connectivity index (χ1) is 5.24. The van der Waals surface area contributed by atoms with Crippen LogP contribution < -0.4 is 5.73 Å². The number of hydrogen-bond donors (Lipinski definition) is 1. The first kappa shape index (κ1) is 8.49. The van der Waals surface area contributed by atoms with E-state index in [1.807, 2.05) is 0 Å². The molecule has 4 heteroatoms. The Morgan fingerprint density at radius 1 is 1.64 bits per heavy atom. The molecule has 0 radical (unpaired) electrons. The molecule has 0 aromatic heterocycles. The third-order valence-corrected chi connectivity index (χ3v) is 1.77. The van der Waals surface area contributed by atoms with Crippen molar-refractivity contribution in [3.05, 3.63) is 0 Å². The number of nitrogens with two attached hydrogens (primary N) is 1. The van der Waals surface area contributed by atoms with Gasteiger partial charge in [0, 0.05) is 6.04 Å². The van der Waals surface area contributed by atoms with Crippen molar-refractivity contribution in [1.82, 2.24) is 0 Å². The molecule has 0 amide bonds. The highest BCUT2D eigenvalue weighted by molar-refractivity contribution is 5.72. The van der Waals surface area contributed by atoms with E-state index in [-0.39, 0.29) is 17.9 Å². The molecule has 11 heavy (non-hydrogen) atoms. The maximum atomic E-state index is 11.0. The van der Waals surface area contributed by atoms with Gasteiger partial charge in [-0.2, -0.15) is 0 Å². The Bertz CT molecular complexity index is 149. The average molecular weight is 159 g/mol. The van der Waals surface area contributed by atoms with E-state index in [0.717, 1.165) is 0 Å². The Balaban J connectivity index is 2.39. The Kier molecular flexibility index (Phi) is 2.84. The third kappa shape index (κ3) is 2.17. The van der Waals surface area contributed by atoms with Crippen molar-refractivity contribution in [2.24, 2.45) is 11.7 Å². The lowest BCUT2D eigenvalue weighted by molar-refractivity contribution is -0.150. The fourth-order valence-electron chi connectivity index (χ4n) is 1.19. The van der Waals surface area contributed by atoms with Crippen molar-refractivity contribution >= 4 is 5.97 Å². The van der Waals surface area contributed by atoms with Gasteiger partial charge in [-0.3, -0.25) is 4.79 Å². The van der Waals surface area contributed by atoms with E-state index in [1.165, 1.54) is 7.11 Å². The zero-order valence-electron chi connectivity index (χ0n) is 6.58. The molecule has 4 nitrogen and oxygen atoms in total. The quantitative estimate of drug-likeness (QED) is 0.525. The van der Waals surface area contributed by atoms with E-state index in [4.69, 9.17) is 10.5 Å². The van der Waals surface area contributed by atoms with Crippen molar-refractivity contribution in [2.45, 2.75) is 12.5 Å². The summed E-state index contributed by atoms with van der Waals surface area (Å²) in [5.41, 5.74) is 5.58. The minimum absolute atomic E-state index is 0.0205. The smallest absolute Gasteiger partial charge is 0.311 e. The zero-order chi connectivity index (χ0) is 8.27. The van der Waals surface area contributed by atoms with Crippen LogP contribution in [0.5, 0.6) is 0 Å². The summed E-state index contributed by atoms with van der Waals surface area (Å²) in [4.78, 5) is 11.0. The van der Waals surface area contributed by atoms with Crippen LogP contribution in [0.2, 0.25) is 0 Å². The van der Waals surface area contributed by atoms with Crippen LogP contribution in [0.25, 0.3) is 0 Å². The van der Waals surface area contributed by atoms with Crippen molar-refractivity contribution in [2.75, 3.05) is 20.3 Å². The summed E-state index contributed by atoms with van der Waals surface area (Å²) in [7, 11) is 1.38. The van der Waals surface area contributed by atoms with Crippen molar-refractivity contribution < 1.29 is 14.3 Å². The second kappa shape index (κ2) is 3.69. The molecule has 1 saturated heterocycles. The molecule has 0 spiro atoms. The second-order valence-corrected chi connectivity index (χ2v) is 2.75. The second-order valence-electron chi connectivity index (χ2n) is 2.75. The van der Waals surface area contributed by atoms with Crippen LogP contribution in [0.15, 0.2) is 0 Å². The molecule has 0 aromatic carbocycles. The van der Waals surface area contributed by atoms with Gasteiger partial charge in [-0.05, 0) is 6.42 Å².